The van der Waals surface area contributed by atoms with Crippen molar-refractivity contribution in [2.24, 2.45) is 5.92 Å². The molecular formula is C14H17BrN2O3. The lowest BCUT2D eigenvalue weighted by molar-refractivity contribution is -0.385. The molecule has 108 valence electrons. The third kappa shape index (κ3) is 2.85. The molecule has 0 N–H and O–H groups in total. The highest BCUT2D eigenvalue weighted by atomic mass is 79.9. The Labute approximate surface area is 126 Å². The van der Waals surface area contributed by atoms with Crippen LogP contribution >= 0.6 is 15.9 Å². The van der Waals surface area contributed by atoms with Gasteiger partial charge in [0.15, 0.2) is 0 Å². The van der Waals surface area contributed by atoms with E-state index in [9.17, 15) is 14.9 Å². The third-order valence-corrected chi connectivity index (χ3v) is 5.00. The zero-order valence-corrected chi connectivity index (χ0v) is 13.1. The summed E-state index contributed by atoms with van der Waals surface area (Å²) in [6.07, 6.45) is 0.904. The largest absolute Gasteiger partial charge is 0.337 e. The number of para-hydroxylation sites is 1. The van der Waals surface area contributed by atoms with Gasteiger partial charge in [0.2, 0.25) is 0 Å². The molecule has 0 bridgehead atoms. The molecule has 5 nitrogen and oxygen atoms in total. The van der Waals surface area contributed by atoms with Gasteiger partial charge in [-0.1, -0.05) is 35.0 Å². The van der Waals surface area contributed by atoms with E-state index in [0.29, 0.717) is 24.6 Å². The van der Waals surface area contributed by atoms with Crippen LogP contribution < -0.4 is 0 Å². The first-order valence-corrected chi connectivity index (χ1v) is 7.50. The fourth-order valence-electron chi connectivity index (χ4n) is 2.45. The Kier molecular flexibility index (Phi) is 4.42. The molecule has 0 aliphatic carbocycles. The topological polar surface area (TPSA) is 63.5 Å². The van der Waals surface area contributed by atoms with Gasteiger partial charge < -0.3 is 4.90 Å². The van der Waals surface area contributed by atoms with E-state index in [1.807, 2.05) is 0 Å². The summed E-state index contributed by atoms with van der Waals surface area (Å²) in [4.78, 5) is 25.2. The number of piperidine rings is 1. The number of halogens is 1. The number of carbonyl (C=O) groups excluding carboxylic acids is 1. The molecule has 1 saturated heterocycles. The first-order valence-electron chi connectivity index (χ1n) is 6.59. The molecule has 0 saturated carbocycles. The molecule has 6 heteroatoms. The molecule has 2 unspecified atom stereocenters. The maximum absolute atomic E-state index is 12.5. The lowest BCUT2D eigenvalue weighted by atomic mass is 9.98. The van der Waals surface area contributed by atoms with Crippen molar-refractivity contribution in [2.75, 3.05) is 13.1 Å². The summed E-state index contributed by atoms with van der Waals surface area (Å²) in [5.74, 6) is 0.253. The minimum absolute atomic E-state index is 0.0813. The Bertz CT molecular complexity index is 547. The van der Waals surface area contributed by atoms with Crippen LogP contribution in [-0.4, -0.2) is 33.6 Å². The minimum atomic E-state index is -0.471. The van der Waals surface area contributed by atoms with Crippen LogP contribution in [0.4, 0.5) is 5.69 Å². The number of likely N-dealkylation sites (tertiary alicyclic amines) is 1. The van der Waals surface area contributed by atoms with Gasteiger partial charge in [0.05, 0.1) is 4.92 Å². The van der Waals surface area contributed by atoms with Crippen molar-refractivity contribution in [1.29, 1.82) is 0 Å². The Morgan fingerprint density at radius 2 is 2.20 bits per heavy atom. The van der Waals surface area contributed by atoms with Crippen LogP contribution in [0.5, 0.6) is 0 Å². The predicted molar refractivity (Wildman–Crippen MR) is 80.2 cm³/mol. The van der Waals surface area contributed by atoms with Gasteiger partial charge in [0, 0.05) is 23.5 Å². The second-order valence-corrected chi connectivity index (χ2v) is 6.44. The van der Waals surface area contributed by atoms with Crippen molar-refractivity contribution >= 4 is 27.5 Å². The number of alkyl halides is 1. The van der Waals surface area contributed by atoms with Gasteiger partial charge in [-0.3, -0.25) is 14.9 Å². The summed E-state index contributed by atoms with van der Waals surface area (Å²) in [5, 5.41) is 11.2. The van der Waals surface area contributed by atoms with Crippen LogP contribution in [0.15, 0.2) is 18.2 Å². The quantitative estimate of drug-likeness (QED) is 0.472. The van der Waals surface area contributed by atoms with E-state index in [2.05, 4.69) is 22.9 Å². The van der Waals surface area contributed by atoms with Crippen molar-refractivity contribution in [3.05, 3.63) is 39.4 Å². The third-order valence-electron chi connectivity index (χ3n) is 3.80. The van der Waals surface area contributed by atoms with Gasteiger partial charge in [-0.2, -0.15) is 0 Å². The Hall–Kier alpha value is -1.43. The molecule has 0 aromatic heterocycles. The van der Waals surface area contributed by atoms with Crippen LogP contribution in [0, 0.1) is 23.0 Å². The van der Waals surface area contributed by atoms with E-state index < -0.39 is 4.92 Å². The molecule has 20 heavy (non-hydrogen) atoms. The van der Waals surface area contributed by atoms with Gasteiger partial charge in [0.1, 0.15) is 5.56 Å². The number of aryl methyl sites for hydroxylation is 1. The summed E-state index contributed by atoms with van der Waals surface area (Å²) in [5.41, 5.74) is 0.619. The van der Waals surface area contributed by atoms with E-state index in [4.69, 9.17) is 0 Å². The van der Waals surface area contributed by atoms with Crippen LogP contribution in [0.25, 0.3) is 0 Å². The first kappa shape index (κ1) is 15.0. The van der Waals surface area contributed by atoms with Crippen LogP contribution in [-0.2, 0) is 0 Å². The summed E-state index contributed by atoms with van der Waals surface area (Å²) in [6, 6.07) is 4.88. The molecule has 2 atom stereocenters. The number of rotatable bonds is 2. The number of nitrogens with zero attached hydrogens (tertiary/aromatic N) is 2. The second-order valence-electron chi connectivity index (χ2n) is 5.26. The molecule has 1 aliphatic rings. The van der Waals surface area contributed by atoms with Crippen LogP contribution in [0.2, 0.25) is 0 Å². The molecule has 2 rings (SSSR count). The minimum Gasteiger partial charge on any atom is -0.337 e. The molecular weight excluding hydrogens is 324 g/mol. The molecule has 0 radical (unpaired) electrons. The molecule has 1 aliphatic heterocycles. The van der Waals surface area contributed by atoms with Crippen molar-refractivity contribution < 1.29 is 9.72 Å². The zero-order valence-electron chi connectivity index (χ0n) is 11.5. The SMILES string of the molecule is Cc1cccc(C(=O)N2CCC(C)C(Br)C2)c1[N+](=O)[O-]. The number of nitro groups is 1. The van der Waals surface area contributed by atoms with Gasteiger partial charge in [-0.05, 0) is 25.3 Å². The number of hydrogen-bond acceptors (Lipinski definition) is 3. The van der Waals surface area contributed by atoms with Crippen molar-refractivity contribution in [1.82, 2.24) is 4.90 Å². The van der Waals surface area contributed by atoms with Crippen molar-refractivity contribution in [3.63, 3.8) is 0 Å². The monoisotopic (exact) mass is 340 g/mol. The summed E-state index contributed by atoms with van der Waals surface area (Å²) < 4.78 is 0. The molecule has 1 aromatic rings. The number of amides is 1. The Morgan fingerprint density at radius 1 is 1.50 bits per heavy atom. The predicted octanol–water partition coefficient (Wildman–Crippen LogP) is 3.15. The summed E-state index contributed by atoms with van der Waals surface area (Å²) in [7, 11) is 0. The number of carbonyl (C=O) groups is 1. The van der Waals surface area contributed by atoms with Gasteiger partial charge in [0.25, 0.3) is 11.6 Å². The molecule has 1 aromatic carbocycles. The first-order chi connectivity index (χ1) is 9.41. The molecule has 1 amide bonds. The summed E-state index contributed by atoms with van der Waals surface area (Å²) >= 11 is 3.57. The molecule has 1 fully saturated rings. The van der Waals surface area contributed by atoms with Crippen LogP contribution in [0.3, 0.4) is 0 Å². The van der Waals surface area contributed by atoms with E-state index in [-0.39, 0.29) is 22.0 Å². The number of hydrogen-bond donors (Lipinski definition) is 0. The van der Waals surface area contributed by atoms with E-state index in [1.165, 1.54) is 6.07 Å². The van der Waals surface area contributed by atoms with Gasteiger partial charge >= 0.3 is 0 Å². The normalized spacial score (nSPS) is 22.6. The number of benzene rings is 1. The molecule has 1 heterocycles. The highest BCUT2D eigenvalue weighted by Gasteiger charge is 2.31. The smallest absolute Gasteiger partial charge is 0.285 e. The Morgan fingerprint density at radius 3 is 2.80 bits per heavy atom. The van der Waals surface area contributed by atoms with E-state index in [0.717, 1.165) is 6.42 Å². The maximum atomic E-state index is 12.5. The van der Waals surface area contributed by atoms with Gasteiger partial charge in [-0.15, -0.1) is 0 Å². The van der Waals surface area contributed by atoms with E-state index >= 15 is 0 Å². The van der Waals surface area contributed by atoms with Crippen molar-refractivity contribution in [2.45, 2.75) is 25.1 Å². The average molecular weight is 341 g/mol. The second kappa shape index (κ2) is 5.91. The number of nitro benzene ring substituents is 1. The average Bonchev–Trinajstić information content (AvgIpc) is 2.40. The maximum Gasteiger partial charge on any atom is 0.285 e. The standard InChI is InChI=1S/C14H17BrN2O3/c1-9-6-7-16(8-12(9)15)14(18)11-5-3-4-10(2)13(11)17(19)20/h3-5,9,12H,6-8H2,1-2H3. The highest BCUT2D eigenvalue weighted by Crippen LogP contribution is 2.28. The van der Waals surface area contributed by atoms with Crippen LogP contribution in [0.1, 0.15) is 29.3 Å². The molecule has 0 spiro atoms. The summed E-state index contributed by atoms with van der Waals surface area (Å²) in [6.45, 7) is 5.02. The lowest BCUT2D eigenvalue weighted by Crippen LogP contribution is -2.43. The highest BCUT2D eigenvalue weighted by molar-refractivity contribution is 9.09. The van der Waals surface area contributed by atoms with Gasteiger partial charge in [-0.25, -0.2) is 0 Å². The Balaban J connectivity index is 2.30. The fraction of sp³-hybridized carbons (Fsp3) is 0.500. The fourth-order valence-corrected chi connectivity index (χ4v) is 3.06. The van der Waals surface area contributed by atoms with E-state index in [1.54, 1.807) is 24.0 Å². The lowest BCUT2D eigenvalue weighted by Gasteiger charge is -2.34. The van der Waals surface area contributed by atoms with Crippen molar-refractivity contribution in [3.8, 4) is 0 Å². The zero-order chi connectivity index (χ0) is 14.9.